The topological polar surface area (TPSA) is 20.3 Å². The average Bonchev–Trinajstić information content (AvgIpc) is 2.89. The van der Waals surface area contributed by atoms with E-state index in [1.165, 1.54) is 11.8 Å². The largest absolute Gasteiger partial charge is 0.271 e. The van der Waals surface area contributed by atoms with Crippen molar-refractivity contribution < 1.29 is 4.79 Å². The Balaban J connectivity index is 2.03. The Labute approximate surface area is 160 Å². The predicted octanol–water partition coefficient (Wildman–Crippen LogP) is 5.81. The molecule has 1 amide bonds. The Kier molecular flexibility index (Phi) is 5.23. The van der Waals surface area contributed by atoms with Gasteiger partial charge in [0.1, 0.15) is 0 Å². The second kappa shape index (κ2) is 7.21. The van der Waals surface area contributed by atoms with E-state index in [0.717, 1.165) is 33.3 Å². The summed E-state index contributed by atoms with van der Waals surface area (Å²) in [5.41, 5.74) is 4.00. The number of amides is 1. The third-order valence-electron chi connectivity index (χ3n) is 4.00. The van der Waals surface area contributed by atoms with Crippen molar-refractivity contribution in [1.82, 2.24) is 0 Å². The van der Waals surface area contributed by atoms with E-state index >= 15 is 0 Å². The molecule has 1 saturated heterocycles. The summed E-state index contributed by atoms with van der Waals surface area (Å²) in [5.74, 6) is -0.0358. The van der Waals surface area contributed by atoms with Crippen LogP contribution >= 0.6 is 39.9 Å². The van der Waals surface area contributed by atoms with Gasteiger partial charge in [-0.05, 0) is 48.2 Å². The first-order valence-corrected chi connectivity index (χ1v) is 9.65. The smallest absolute Gasteiger partial charge is 0.268 e. The van der Waals surface area contributed by atoms with Gasteiger partial charge in [0.25, 0.3) is 5.91 Å². The standard InChI is InChI=1S/C19H16BrNOS2/c1-3-13-6-4-5-7-16(13)21-18(22)17(24-19(21)23)12(2)14-8-10-15(20)11-9-14/h4-11H,3H2,1-2H3/b17-12-. The van der Waals surface area contributed by atoms with Crippen molar-refractivity contribution in [3.05, 3.63) is 69.0 Å². The number of carbonyl (C=O) groups excluding carboxylic acids is 1. The molecular formula is C19H16BrNOS2. The van der Waals surface area contributed by atoms with Gasteiger partial charge in [0, 0.05) is 4.47 Å². The van der Waals surface area contributed by atoms with E-state index < -0.39 is 0 Å². The summed E-state index contributed by atoms with van der Waals surface area (Å²) in [6.07, 6.45) is 0.859. The molecule has 0 aromatic heterocycles. The van der Waals surface area contributed by atoms with Crippen molar-refractivity contribution >= 4 is 61.4 Å². The fourth-order valence-corrected chi connectivity index (χ4v) is 4.26. The molecule has 1 aliphatic heterocycles. The summed E-state index contributed by atoms with van der Waals surface area (Å²) in [4.78, 5) is 15.4. The fourth-order valence-electron chi connectivity index (χ4n) is 2.66. The van der Waals surface area contributed by atoms with Gasteiger partial charge in [0.05, 0.1) is 10.6 Å². The molecule has 1 fully saturated rings. The van der Waals surface area contributed by atoms with Gasteiger partial charge < -0.3 is 0 Å². The number of hydrogen-bond donors (Lipinski definition) is 0. The van der Waals surface area contributed by atoms with Crippen molar-refractivity contribution in [2.24, 2.45) is 0 Å². The number of anilines is 1. The minimum absolute atomic E-state index is 0.0358. The molecule has 2 nitrogen and oxygen atoms in total. The first-order valence-electron chi connectivity index (χ1n) is 7.64. The number of benzene rings is 2. The van der Waals surface area contributed by atoms with Crippen LogP contribution in [0.1, 0.15) is 25.0 Å². The van der Waals surface area contributed by atoms with E-state index in [9.17, 15) is 4.79 Å². The van der Waals surface area contributed by atoms with Crippen LogP contribution in [0.3, 0.4) is 0 Å². The summed E-state index contributed by atoms with van der Waals surface area (Å²) in [7, 11) is 0. The predicted molar refractivity (Wildman–Crippen MR) is 110 cm³/mol. The molecule has 2 aromatic rings. The quantitative estimate of drug-likeness (QED) is 0.464. The molecule has 0 spiro atoms. The first kappa shape index (κ1) is 17.4. The molecule has 3 rings (SSSR count). The molecule has 1 aliphatic rings. The zero-order chi connectivity index (χ0) is 17.3. The molecule has 2 aromatic carbocycles. The van der Waals surface area contributed by atoms with E-state index in [1.807, 2.05) is 55.5 Å². The zero-order valence-electron chi connectivity index (χ0n) is 13.4. The number of nitrogens with zero attached hydrogens (tertiary/aromatic N) is 1. The van der Waals surface area contributed by atoms with Crippen LogP contribution in [-0.4, -0.2) is 10.2 Å². The molecule has 0 radical (unpaired) electrons. The molecule has 0 N–H and O–H groups in total. The van der Waals surface area contributed by atoms with E-state index in [0.29, 0.717) is 9.23 Å². The number of hydrogen-bond acceptors (Lipinski definition) is 3. The molecule has 24 heavy (non-hydrogen) atoms. The van der Waals surface area contributed by atoms with Crippen LogP contribution in [0.25, 0.3) is 5.57 Å². The molecule has 0 atom stereocenters. The first-order chi connectivity index (χ1) is 11.5. The lowest BCUT2D eigenvalue weighted by Gasteiger charge is -2.18. The van der Waals surface area contributed by atoms with E-state index in [-0.39, 0.29) is 5.91 Å². The van der Waals surface area contributed by atoms with Crippen molar-refractivity contribution in [2.75, 3.05) is 4.90 Å². The Morgan fingerprint density at radius 1 is 1.17 bits per heavy atom. The van der Waals surface area contributed by atoms with Gasteiger partial charge in [-0.1, -0.05) is 77.2 Å². The van der Waals surface area contributed by atoms with E-state index in [1.54, 1.807) is 4.90 Å². The van der Waals surface area contributed by atoms with Crippen LogP contribution in [0.4, 0.5) is 5.69 Å². The molecular weight excluding hydrogens is 402 g/mol. The van der Waals surface area contributed by atoms with Gasteiger partial charge in [0.2, 0.25) is 0 Å². The maximum atomic E-state index is 13.0. The van der Waals surface area contributed by atoms with Crippen molar-refractivity contribution in [1.29, 1.82) is 0 Å². The highest BCUT2D eigenvalue weighted by Gasteiger charge is 2.35. The van der Waals surface area contributed by atoms with Gasteiger partial charge in [-0.25, -0.2) is 0 Å². The molecule has 122 valence electrons. The minimum atomic E-state index is -0.0358. The highest BCUT2D eigenvalue weighted by molar-refractivity contribution is 9.10. The summed E-state index contributed by atoms with van der Waals surface area (Å²) in [6, 6.07) is 15.9. The van der Waals surface area contributed by atoms with Crippen LogP contribution in [0, 0.1) is 0 Å². The summed E-state index contributed by atoms with van der Waals surface area (Å²) in [5, 5.41) is 0. The lowest BCUT2D eigenvalue weighted by Crippen LogP contribution is -2.28. The second-order valence-electron chi connectivity index (χ2n) is 5.45. The Bertz CT molecular complexity index is 843. The van der Waals surface area contributed by atoms with Gasteiger partial charge in [-0.3, -0.25) is 9.69 Å². The lowest BCUT2D eigenvalue weighted by atomic mass is 10.1. The minimum Gasteiger partial charge on any atom is -0.268 e. The lowest BCUT2D eigenvalue weighted by molar-refractivity contribution is -0.113. The van der Waals surface area contributed by atoms with Crippen LogP contribution in [0.15, 0.2) is 57.9 Å². The molecule has 1 heterocycles. The van der Waals surface area contributed by atoms with Crippen LogP contribution in [-0.2, 0) is 11.2 Å². The second-order valence-corrected chi connectivity index (χ2v) is 8.01. The Hall–Kier alpha value is -1.43. The van der Waals surface area contributed by atoms with Crippen molar-refractivity contribution in [3.63, 3.8) is 0 Å². The van der Waals surface area contributed by atoms with E-state index in [2.05, 4.69) is 22.9 Å². The van der Waals surface area contributed by atoms with Gasteiger partial charge in [-0.2, -0.15) is 0 Å². The molecule has 5 heteroatoms. The zero-order valence-corrected chi connectivity index (χ0v) is 16.6. The summed E-state index contributed by atoms with van der Waals surface area (Å²) >= 11 is 10.3. The van der Waals surface area contributed by atoms with Gasteiger partial charge in [0.15, 0.2) is 4.32 Å². The third-order valence-corrected chi connectivity index (χ3v) is 6.00. The van der Waals surface area contributed by atoms with Crippen LogP contribution in [0.5, 0.6) is 0 Å². The van der Waals surface area contributed by atoms with Crippen molar-refractivity contribution in [2.45, 2.75) is 20.3 Å². The van der Waals surface area contributed by atoms with Crippen LogP contribution < -0.4 is 4.90 Å². The number of thiocarbonyl (C=S) groups is 1. The molecule has 0 unspecified atom stereocenters. The molecule has 0 aliphatic carbocycles. The number of thioether (sulfide) groups is 1. The highest BCUT2D eigenvalue weighted by Crippen LogP contribution is 2.40. The van der Waals surface area contributed by atoms with Crippen molar-refractivity contribution in [3.8, 4) is 0 Å². The number of halogens is 1. The molecule has 0 bridgehead atoms. The maximum absolute atomic E-state index is 13.0. The van der Waals surface area contributed by atoms with Crippen LogP contribution in [0.2, 0.25) is 0 Å². The fraction of sp³-hybridized carbons (Fsp3) is 0.158. The maximum Gasteiger partial charge on any atom is 0.271 e. The number of aryl methyl sites for hydroxylation is 1. The summed E-state index contributed by atoms with van der Waals surface area (Å²) in [6.45, 7) is 4.06. The third kappa shape index (κ3) is 3.21. The Morgan fingerprint density at radius 3 is 2.50 bits per heavy atom. The average molecular weight is 418 g/mol. The SMILES string of the molecule is CCc1ccccc1N1C(=O)/C(=C(\C)c2ccc(Br)cc2)SC1=S. The highest BCUT2D eigenvalue weighted by atomic mass is 79.9. The summed E-state index contributed by atoms with van der Waals surface area (Å²) < 4.78 is 1.61. The van der Waals surface area contributed by atoms with Gasteiger partial charge in [-0.15, -0.1) is 0 Å². The van der Waals surface area contributed by atoms with Gasteiger partial charge >= 0.3 is 0 Å². The Morgan fingerprint density at radius 2 is 1.83 bits per heavy atom. The monoisotopic (exact) mass is 417 g/mol. The number of allylic oxidation sites excluding steroid dienone is 1. The number of rotatable bonds is 3. The molecule has 0 saturated carbocycles. The normalized spacial score (nSPS) is 16.7. The number of para-hydroxylation sites is 1. The van der Waals surface area contributed by atoms with E-state index in [4.69, 9.17) is 12.2 Å². The number of carbonyl (C=O) groups is 1.